The second kappa shape index (κ2) is 17.0. The van der Waals surface area contributed by atoms with E-state index in [9.17, 15) is 22.8 Å². The molecule has 1 fully saturated rings. The molecule has 2 aromatic carbocycles. The number of amides is 1. The predicted molar refractivity (Wildman–Crippen MR) is 209 cm³/mol. The maximum atomic E-state index is 14.9. The van der Waals surface area contributed by atoms with Gasteiger partial charge >= 0.3 is 11.9 Å². The minimum absolute atomic E-state index is 0.0201. The van der Waals surface area contributed by atoms with Crippen molar-refractivity contribution >= 4 is 39.5 Å². The lowest BCUT2D eigenvalue weighted by Crippen LogP contribution is -2.47. The largest absolute Gasteiger partial charge is 0.481 e. The fourth-order valence-corrected chi connectivity index (χ4v) is 6.82. The number of hydrogen-bond acceptors (Lipinski definition) is 11. The molecule has 7 rings (SSSR count). The molecule has 4 aromatic heterocycles. The third kappa shape index (κ3) is 8.53. The van der Waals surface area contributed by atoms with Gasteiger partial charge in [-0.3, -0.25) is 18.9 Å². The van der Waals surface area contributed by atoms with Crippen LogP contribution >= 0.6 is 0 Å². The van der Waals surface area contributed by atoms with Crippen molar-refractivity contribution in [2.45, 2.75) is 26.1 Å². The van der Waals surface area contributed by atoms with E-state index in [0.29, 0.717) is 78.8 Å². The summed E-state index contributed by atoms with van der Waals surface area (Å²) in [6, 6.07) is 13.2. The highest BCUT2D eigenvalue weighted by Gasteiger charge is 2.36. The fraction of sp³-hybridized carbons (Fsp3) is 0.350. The molecule has 0 atom stereocenters. The normalized spacial score (nSPS) is 13.4. The minimum atomic E-state index is -4.71. The Kier molecular flexibility index (Phi) is 11.7. The molecular weight excluding hydrogens is 743 g/mol. The van der Waals surface area contributed by atoms with Gasteiger partial charge in [0, 0.05) is 99.7 Å². The van der Waals surface area contributed by atoms with Crippen LogP contribution in [0.4, 0.5) is 24.8 Å². The van der Waals surface area contributed by atoms with Crippen molar-refractivity contribution in [2.75, 3.05) is 69.5 Å². The average Bonchev–Trinajstić information content (AvgIpc) is 3.49. The minimum Gasteiger partial charge on any atom is -0.481 e. The summed E-state index contributed by atoms with van der Waals surface area (Å²) in [6.45, 7) is 5.30. The van der Waals surface area contributed by atoms with E-state index < -0.39 is 17.4 Å². The molecule has 1 saturated heterocycles. The number of piperazine rings is 1. The van der Waals surface area contributed by atoms with Gasteiger partial charge in [0.05, 0.1) is 60.9 Å². The van der Waals surface area contributed by atoms with E-state index in [1.54, 1.807) is 48.9 Å². The van der Waals surface area contributed by atoms with Gasteiger partial charge in [0.25, 0.3) is 0 Å². The Balaban J connectivity index is 1.08. The van der Waals surface area contributed by atoms with Gasteiger partial charge < -0.3 is 29.3 Å². The van der Waals surface area contributed by atoms with Crippen molar-refractivity contribution in [1.29, 1.82) is 0 Å². The zero-order valence-electron chi connectivity index (χ0n) is 31.8. The second-order valence-corrected chi connectivity index (χ2v) is 13.4. The fourth-order valence-electron chi connectivity index (χ4n) is 6.82. The molecule has 1 aliphatic rings. The van der Waals surface area contributed by atoms with Gasteiger partial charge in [-0.05, 0) is 48.9 Å². The molecule has 6 aromatic rings. The Morgan fingerprint density at radius 1 is 0.842 bits per heavy atom. The zero-order chi connectivity index (χ0) is 40.1. The Bertz CT molecular complexity index is 2410. The number of carbonyl (C=O) groups is 1. The SMILES string of the molecule is CCOCCOCCC(=O)NCc1cnc(N2CCN(c3ccc(-n4c(=O)n(C)c5cnc6ccc(-c7ccc(OC)nc7)cc6c54)cc3C(F)(F)F)CC2)nc1. The molecule has 5 heterocycles. The third-order valence-corrected chi connectivity index (χ3v) is 9.84. The van der Waals surface area contributed by atoms with Crippen LogP contribution in [-0.4, -0.2) is 94.7 Å². The van der Waals surface area contributed by atoms with Crippen molar-refractivity contribution in [3.8, 4) is 22.7 Å². The highest BCUT2D eigenvalue weighted by Crippen LogP contribution is 2.39. The Hall–Kier alpha value is -6.07. The summed E-state index contributed by atoms with van der Waals surface area (Å²) in [5.74, 6) is 0.741. The molecule has 0 saturated carbocycles. The Labute approximate surface area is 325 Å². The number of alkyl halides is 3. The molecule has 17 heteroatoms. The highest BCUT2D eigenvalue weighted by atomic mass is 19.4. The van der Waals surface area contributed by atoms with Crippen LogP contribution in [0.15, 0.2) is 78.1 Å². The summed E-state index contributed by atoms with van der Waals surface area (Å²) in [7, 11) is 3.10. The van der Waals surface area contributed by atoms with Crippen LogP contribution in [0, 0.1) is 0 Å². The smallest absolute Gasteiger partial charge is 0.418 e. The first-order valence-electron chi connectivity index (χ1n) is 18.5. The van der Waals surface area contributed by atoms with E-state index in [1.165, 1.54) is 22.3 Å². The number of ether oxygens (including phenoxy) is 3. The second-order valence-electron chi connectivity index (χ2n) is 13.4. The van der Waals surface area contributed by atoms with Crippen LogP contribution in [0.1, 0.15) is 24.5 Å². The summed E-state index contributed by atoms with van der Waals surface area (Å²) in [5, 5.41) is 3.42. The number of nitrogens with zero attached hydrogens (tertiary/aromatic N) is 8. The molecule has 1 N–H and O–H groups in total. The van der Waals surface area contributed by atoms with Gasteiger partial charge in [-0.2, -0.15) is 13.2 Å². The van der Waals surface area contributed by atoms with E-state index in [2.05, 4.69) is 25.3 Å². The number of aromatic nitrogens is 6. The number of anilines is 2. The number of rotatable bonds is 14. The van der Waals surface area contributed by atoms with Gasteiger partial charge in [0.1, 0.15) is 0 Å². The first-order chi connectivity index (χ1) is 27.5. The van der Waals surface area contributed by atoms with Crippen LogP contribution in [0.25, 0.3) is 38.8 Å². The topological polar surface area (TPSA) is 142 Å². The lowest BCUT2D eigenvalue weighted by atomic mass is 10.0. The average molecular weight is 786 g/mol. The number of nitrogens with one attached hydrogen (secondary N) is 1. The number of methoxy groups -OCH3 is 1. The summed E-state index contributed by atoms with van der Waals surface area (Å²) in [6.07, 6.45) is 1.98. The van der Waals surface area contributed by atoms with Crippen molar-refractivity contribution in [3.63, 3.8) is 0 Å². The Morgan fingerprint density at radius 3 is 2.28 bits per heavy atom. The number of fused-ring (bicyclic) bond motifs is 3. The van der Waals surface area contributed by atoms with Crippen LogP contribution < -0.4 is 25.5 Å². The van der Waals surface area contributed by atoms with Gasteiger partial charge in [-0.15, -0.1) is 0 Å². The number of benzene rings is 2. The molecule has 1 amide bonds. The van der Waals surface area contributed by atoms with Crippen LogP contribution in [-0.2, 0) is 34.0 Å². The van der Waals surface area contributed by atoms with Crippen LogP contribution in [0.2, 0.25) is 0 Å². The van der Waals surface area contributed by atoms with Crippen LogP contribution in [0.5, 0.6) is 5.88 Å². The molecule has 0 unspecified atom stereocenters. The third-order valence-electron chi connectivity index (χ3n) is 9.84. The molecule has 0 aliphatic carbocycles. The molecule has 0 spiro atoms. The lowest BCUT2D eigenvalue weighted by Gasteiger charge is -2.37. The van der Waals surface area contributed by atoms with Gasteiger partial charge in [0.15, 0.2) is 0 Å². The molecule has 1 aliphatic heterocycles. The van der Waals surface area contributed by atoms with E-state index in [4.69, 9.17) is 14.2 Å². The van der Waals surface area contributed by atoms with Crippen molar-refractivity contribution in [3.05, 3.63) is 94.9 Å². The first-order valence-corrected chi connectivity index (χ1v) is 18.5. The predicted octanol–water partition coefficient (Wildman–Crippen LogP) is 5.14. The number of imidazole rings is 1. The van der Waals surface area contributed by atoms with Gasteiger partial charge in [-0.1, -0.05) is 6.07 Å². The number of carbonyl (C=O) groups excluding carboxylic acids is 1. The maximum Gasteiger partial charge on any atom is 0.418 e. The summed E-state index contributed by atoms with van der Waals surface area (Å²) >= 11 is 0. The molecule has 0 bridgehead atoms. The maximum absolute atomic E-state index is 14.9. The number of halogens is 3. The van der Waals surface area contributed by atoms with Crippen LogP contribution in [0.3, 0.4) is 0 Å². The monoisotopic (exact) mass is 785 g/mol. The van der Waals surface area contributed by atoms with Crippen molar-refractivity contribution in [2.24, 2.45) is 7.05 Å². The summed E-state index contributed by atoms with van der Waals surface area (Å²) < 4.78 is 63.1. The Morgan fingerprint density at radius 2 is 1.58 bits per heavy atom. The molecular formula is C40H42F3N9O5. The molecule has 14 nitrogen and oxygen atoms in total. The van der Waals surface area contributed by atoms with Crippen molar-refractivity contribution < 1.29 is 32.2 Å². The molecule has 57 heavy (non-hydrogen) atoms. The molecule has 0 radical (unpaired) electrons. The van der Waals surface area contributed by atoms with E-state index >= 15 is 0 Å². The number of aryl methyl sites for hydroxylation is 1. The highest BCUT2D eigenvalue weighted by molar-refractivity contribution is 6.04. The lowest BCUT2D eigenvalue weighted by molar-refractivity contribution is -0.137. The van der Waals surface area contributed by atoms with E-state index in [0.717, 1.165) is 17.2 Å². The standard InChI is InChI=1S/C40H42F3N9O5/c1-4-56-17-18-57-16-11-35(53)45-21-26-22-47-38(48-23-26)51-14-12-50(13-15-51)33-9-7-29(20-31(33)40(41,42)43)52-37-30-19-27(28-6-10-36(55-3)46-24-28)5-8-32(30)44-25-34(37)49(2)39(52)54/h5-10,19-20,22-25H,4,11-18,21H2,1-3H3,(H,45,53). The molecule has 298 valence electrons. The number of hydrogen-bond donors (Lipinski definition) is 1. The van der Waals surface area contributed by atoms with Crippen molar-refractivity contribution in [1.82, 2.24) is 34.4 Å². The van der Waals surface area contributed by atoms with E-state index in [-0.39, 0.29) is 43.3 Å². The first kappa shape index (κ1) is 39.2. The van der Waals surface area contributed by atoms with Gasteiger partial charge in [0.2, 0.25) is 17.7 Å². The summed E-state index contributed by atoms with van der Waals surface area (Å²) in [5.41, 5.74) is 2.54. The van der Waals surface area contributed by atoms with E-state index in [1.807, 2.05) is 36.1 Å². The van der Waals surface area contributed by atoms with Gasteiger partial charge in [-0.25, -0.2) is 19.7 Å². The summed E-state index contributed by atoms with van der Waals surface area (Å²) in [4.78, 5) is 47.3. The zero-order valence-corrected chi connectivity index (χ0v) is 31.8. The quantitative estimate of drug-likeness (QED) is 0.147. The number of pyridine rings is 2.